The minimum atomic E-state index is -4.61. The molecule has 55 heavy (non-hydrogen) atoms. The van der Waals surface area contributed by atoms with Crippen LogP contribution in [0.4, 0.5) is 17.6 Å². The summed E-state index contributed by atoms with van der Waals surface area (Å²) in [5, 5.41) is 0. The third-order valence-corrected chi connectivity index (χ3v) is 10.2. The van der Waals surface area contributed by atoms with Crippen molar-refractivity contribution < 1.29 is 31.9 Å². The third-order valence-electron chi connectivity index (χ3n) is 10.2. The van der Waals surface area contributed by atoms with Gasteiger partial charge in [-0.3, -0.25) is 9.59 Å². The molecule has 2 aromatic rings. The molecule has 2 aromatic carbocycles. The maximum absolute atomic E-state index is 16.5. The van der Waals surface area contributed by atoms with Crippen LogP contribution in [-0.4, -0.2) is 72.1 Å². The van der Waals surface area contributed by atoms with E-state index in [1.165, 1.54) is 23.0 Å². The van der Waals surface area contributed by atoms with Gasteiger partial charge in [-0.05, 0) is 117 Å². The van der Waals surface area contributed by atoms with E-state index in [9.17, 15) is 22.8 Å². The molecular weight excluding hydrogens is 707 g/mol. The largest absolute Gasteiger partial charge is 0.461 e. The highest BCUT2D eigenvalue weighted by atomic mass is 19.4. The van der Waals surface area contributed by atoms with Gasteiger partial charge < -0.3 is 19.4 Å². The molecule has 1 amide bonds. The van der Waals surface area contributed by atoms with Crippen LogP contribution >= 0.6 is 0 Å². The minimum absolute atomic E-state index is 0. The molecule has 300 valence electrons. The van der Waals surface area contributed by atoms with E-state index < -0.39 is 41.5 Å². The summed E-state index contributed by atoms with van der Waals surface area (Å²) < 4.78 is 64.9. The lowest BCUT2D eigenvalue weighted by Gasteiger charge is -2.39. The van der Waals surface area contributed by atoms with Crippen LogP contribution in [0.15, 0.2) is 84.8 Å². The molecule has 2 heterocycles. The van der Waals surface area contributed by atoms with Crippen molar-refractivity contribution in [3.63, 3.8) is 0 Å². The Labute approximate surface area is 325 Å². The van der Waals surface area contributed by atoms with E-state index in [-0.39, 0.29) is 56.0 Å². The fraction of sp³-hybridized carbons (Fsp3) is 0.467. The number of likely N-dealkylation sites (tertiary alicyclic amines) is 1. The van der Waals surface area contributed by atoms with Crippen LogP contribution in [0.3, 0.4) is 0 Å². The third kappa shape index (κ3) is 11.1. The Morgan fingerprint density at radius 1 is 1.13 bits per heavy atom. The average molecular weight is 766 g/mol. The van der Waals surface area contributed by atoms with Crippen molar-refractivity contribution in [3.8, 4) is 11.1 Å². The topological polar surface area (TPSA) is 53.1 Å². The number of alkyl halides is 3. The van der Waals surface area contributed by atoms with Crippen molar-refractivity contribution in [2.24, 2.45) is 5.92 Å². The number of halogens is 4. The average Bonchev–Trinajstić information content (AvgIpc) is 3.09. The zero-order chi connectivity index (χ0) is 39.9. The second-order valence-corrected chi connectivity index (χ2v) is 14.8. The van der Waals surface area contributed by atoms with Gasteiger partial charge >= 0.3 is 12.1 Å². The first-order valence-electron chi connectivity index (χ1n) is 18.8. The number of aryl methyl sites for hydroxylation is 2. The Bertz CT molecular complexity index is 1820. The Kier molecular flexibility index (Phi) is 15.9. The van der Waals surface area contributed by atoms with Crippen molar-refractivity contribution in [3.05, 3.63) is 113 Å². The first-order chi connectivity index (χ1) is 25.5. The number of benzene rings is 2. The minimum Gasteiger partial charge on any atom is -0.461 e. The molecule has 10 heteroatoms. The van der Waals surface area contributed by atoms with Crippen LogP contribution in [0, 0.1) is 18.7 Å². The Balaban J connectivity index is 0.00000812. The number of hydrogen-bond acceptors (Lipinski definition) is 5. The van der Waals surface area contributed by atoms with Gasteiger partial charge in [0.15, 0.2) is 0 Å². The van der Waals surface area contributed by atoms with E-state index in [4.69, 9.17) is 4.74 Å². The molecule has 0 spiro atoms. The Morgan fingerprint density at radius 3 is 2.38 bits per heavy atom. The number of hydrogen-bond donors (Lipinski definition) is 0. The number of carbonyl (C=O) groups excluding carboxylic acids is 2. The van der Waals surface area contributed by atoms with Crippen LogP contribution < -0.4 is 0 Å². The quantitative estimate of drug-likeness (QED) is 0.0968. The molecule has 0 saturated carbocycles. The predicted molar refractivity (Wildman–Crippen MR) is 215 cm³/mol. The number of amides is 1. The van der Waals surface area contributed by atoms with Gasteiger partial charge in [0.1, 0.15) is 18.5 Å². The highest BCUT2D eigenvalue weighted by Crippen LogP contribution is 2.40. The van der Waals surface area contributed by atoms with Gasteiger partial charge in [-0.25, -0.2) is 4.39 Å². The zero-order valence-electron chi connectivity index (χ0n) is 32.8. The smallest absolute Gasteiger partial charge is 0.416 e. The van der Waals surface area contributed by atoms with E-state index in [2.05, 4.69) is 18.1 Å². The molecule has 1 unspecified atom stereocenters. The van der Waals surface area contributed by atoms with E-state index in [0.29, 0.717) is 17.7 Å². The normalized spacial score (nSPS) is 15.9. The summed E-state index contributed by atoms with van der Waals surface area (Å²) in [7, 11) is 1.51. The molecule has 2 aliphatic heterocycles. The van der Waals surface area contributed by atoms with Gasteiger partial charge in [0, 0.05) is 31.1 Å². The molecule has 4 rings (SSSR count). The zero-order valence-corrected chi connectivity index (χ0v) is 32.8. The van der Waals surface area contributed by atoms with Crippen LogP contribution in [-0.2, 0) is 20.7 Å². The van der Waals surface area contributed by atoms with E-state index in [0.717, 1.165) is 54.3 Å². The van der Waals surface area contributed by atoms with Crippen molar-refractivity contribution in [2.75, 3.05) is 33.3 Å². The highest BCUT2D eigenvalue weighted by molar-refractivity contribution is 5.85. The lowest BCUT2D eigenvalue weighted by molar-refractivity contribution is -0.146. The van der Waals surface area contributed by atoms with Crippen molar-refractivity contribution in [1.82, 2.24) is 14.7 Å². The summed E-state index contributed by atoms with van der Waals surface area (Å²) in [4.78, 5) is 33.1. The van der Waals surface area contributed by atoms with E-state index in [1.54, 1.807) is 38.1 Å². The molecule has 0 bridgehead atoms. The molecule has 0 aliphatic carbocycles. The number of likely N-dealkylation sites (N-methyl/N-ethyl adjacent to an activating group) is 1. The molecule has 0 N–H and O–H groups in total. The number of nitrogens with zero attached hydrogens (tertiary/aromatic N) is 3. The molecule has 0 aromatic heterocycles. The molecule has 0 radical (unpaired) electrons. The monoisotopic (exact) mass is 765 g/mol. The summed E-state index contributed by atoms with van der Waals surface area (Å²) in [5.41, 5.74) is 4.12. The van der Waals surface area contributed by atoms with E-state index in [1.807, 2.05) is 45.9 Å². The number of ether oxygens (including phenoxy) is 1. The van der Waals surface area contributed by atoms with E-state index >= 15 is 4.39 Å². The number of allylic oxidation sites excluding steroid dienone is 4. The summed E-state index contributed by atoms with van der Waals surface area (Å²) in [6, 6.07) is 7.40. The predicted octanol–water partition coefficient (Wildman–Crippen LogP) is 10.8. The SMILES string of the molecule is C.C=C(C)c1ccc(CC)cc1-c1cc(C)c(F)c([C@H](CC(=O)OCC=CC)N(C)C(=O)C(CC(C)C)N2C=C(CCN3CCC3)C(C(F)(F)F)=CC2=C)c1. The maximum atomic E-state index is 16.5. The second-order valence-electron chi connectivity index (χ2n) is 14.8. The number of esters is 1. The fourth-order valence-electron chi connectivity index (χ4n) is 6.99. The highest BCUT2D eigenvalue weighted by Gasteiger charge is 2.41. The first-order valence-corrected chi connectivity index (χ1v) is 18.8. The second kappa shape index (κ2) is 19.4. The molecule has 2 aliphatic rings. The van der Waals surface area contributed by atoms with Gasteiger partial charge in [0.25, 0.3) is 0 Å². The summed E-state index contributed by atoms with van der Waals surface area (Å²) in [6.45, 7) is 21.5. The van der Waals surface area contributed by atoms with Crippen molar-refractivity contribution in [2.45, 2.75) is 99.3 Å². The molecule has 1 fully saturated rings. The molecular formula is C45H59F4N3O3. The van der Waals surface area contributed by atoms with Crippen LogP contribution in [0.1, 0.15) is 96.0 Å². The van der Waals surface area contributed by atoms with Crippen molar-refractivity contribution in [1.29, 1.82) is 0 Å². The number of carbonyl (C=O) groups is 2. The summed E-state index contributed by atoms with van der Waals surface area (Å²) in [5.74, 6) is -1.74. The first kappa shape index (κ1) is 45.0. The van der Waals surface area contributed by atoms with Gasteiger partial charge in [-0.1, -0.05) is 77.3 Å². The van der Waals surface area contributed by atoms with Crippen LogP contribution in [0.2, 0.25) is 0 Å². The Hall–Kier alpha value is -4.44. The molecule has 2 atom stereocenters. The van der Waals surface area contributed by atoms with Gasteiger partial charge in [0.05, 0.1) is 18.0 Å². The summed E-state index contributed by atoms with van der Waals surface area (Å²) in [6.07, 6.45) is 3.07. The summed E-state index contributed by atoms with van der Waals surface area (Å²) >= 11 is 0. The van der Waals surface area contributed by atoms with Gasteiger partial charge in [0.2, 0.25) is 5.91 Å². The standard InChI is InChI=1S/C44H55F4N3O3.CH4/c1-10-12-20-54-41(52)26-39(37-25-34(22-30(7)42(37)45)36-24-32(11-2)14-15-35(36)29(5)6)49(9)43(53)40(21-28(3)4)51-27-33(16-19-50-17-13-18-50)38(23-31(51)8)44(46,47)48;/h10,12,14-15,22-25,27-28,39-40H,5,8,11,13,16-21,26H2,1-4,6-7,9H3;1H4/t39-,40?;/m0./s1. The lowest BCUT2D eigenvalue weighted by Crippen LogP contribution is -2.48. The van der Waals surface area contributed by atoms with Gasteiger partial charge in [-0.15, -0.1) is 0 Å². The van der Waals surface area contributed by atoms with Crippen LogP contribution in [0.5, 0.6) is 0 Å². The van der Waals surface area contributed by atoms with Gasteiger partial charge in [-0.2, -0.15) is 13.2 Å². The lowest BCUT2D eigenvalue weighted by atomic mass is 9.89. The van der Waals surface area contributed by atoms with Crippen LogP contribution in [0.25, 0.3) is 16.7 Å². The molecule has 1 saturated heterocycles. The Morgan fingerprint density at radius 2 is 1.82 bits per heavy atom. The van der Waals surface area contributed by atoms with Crippen molar-refractivity contribution >= 4 is 17.4 Å². The fourth-order valence-corrected chi connectivity index (χ4v) is 6.99. The molecule has 6 nitrogen and oxygen atoms in total. The number of rotatable bonds is 16. The maximum Gasteiger partial charge on any atom is 0.416 e.